The number of esters is 1. The number of hydrogen-bond acceptors (Lipinski definition) is 5. The standard InChI is InChI=1S/C17H22N2O5S/c1-4-25(22,23)18-10-14-8-9-19(11-14)17(21)15-6-5-7-16(12(15)2)24-13(3)20/h4-7,14,18H,1,8-11H2,2-3H3/t14-/m1/s1. The van der Waals surface area contributed by atoms with Crippen LogP contribution in [0.2, 0.25) is 0 Å². The van der Waals surface area contributed by atoms with Crippen molar-refractivity contribution in [2.24, 2.45) is 5.92 Å². The Kier molecular flexibility index (Phi) is 5.97. The maximum atomic E-state index is 12.7. The van der Waals surface area contributed by atoms with Crippen molar-refractivity contribution in [3.63, 3.8) is 0 Å². The van der Waals surface area contributed by atoms with Crippen molar-refractivity contribution >= 4 is 21.9 Å². The van der Waals surface area contributed by atoms with Crippen molar-refractivity contribution in [1.82, 2.24) is 9.62 Å². The van der Waals surface area contributed by atoms with E-state index in [4.69, 9.17) is 4.74 Å². The van der Waals surface area contributed by atoms with Crippen LogP contribution in [0.1, 0.15) is 29.3 Å². The van der Waals surface area contributed by atoms with Crippen molar-refractivity contribution in [2.45, 2.75) is 20.3 Å². The van der Waals surface area contributed by atoms with Gasteiger partial charge in [-0.25, -0.2) is 13.1 Å². The first-order chi connectivity index (χ1) is 11.7. The Morgan fingerprint density at radius 1 is 1.44 bits per heavy atom. The maximum Gasteiger partial charge on any atom is 0.308 e. The fourth-order valence-electron chi connectivity index (χ4n) is 2.76. The highest BCUT2D eigenvalue weighted by Gasteiger charge is 2.28. The minimum absolute atomic E-state index is 0.0515. The Morgan fingerprint density at radius 3 is 2.80 bits per heavy atom. The van der Waals surface area contributed by atoms with Crippen molar-refractivity contribution < 1.29 is 22.7 Å². The Bertz CT molecular complexity index is 788. The fraction of sp³-hybridized carbons (Fsp3) is 0.412. The number of amides is 1. The fourth-order valence-corrected chi connectivity index (χ4v) is 3.34. The highest BCUT2D eigenvalue weighted by molar-refractivity contribution is 7.92. The lowest BCUT2D eigenvalue weighted by atomic mass is 10.1. The molecular formula is C17H22N2O5S. The van der Waals surface area contributed by atoms with E-state index in [2.05, 4.69) is 11.3 Å². The maximum absolute atomic E-state index is 12.7. The van der Waals surface area contributed by atoms with E-state index in [1.807, 2.05) is 0 Å². The molecule has 7 nitrogen and oxygen atoms in total. The van der Waals surface area contributed by atoms with E-state index in [9.17, 15) is 18.0 Å². The van der Waals surface area contributed by atoms with E-state index in [1.54, 1.807) is 30.0 Å². The van der Waals surface area contributed by atoms with Crippen LogP contribution in [0.15, 0.2) is 30.2 Å². The van der Waals surface area contributed by atoms with Gasteiger partial charge in [0.1, 0.15) is 5.75 Å². The first kappa shape index (κ1) is 19.1. The van der Waals surface area contributed by atoms with Gasteiger partial charge in [0.25, 0.3) is 5.91 Å². The molecule has 0 saturated carbocycles. The second-order valence-electron chi connectivity index (χ2n) is 5.99. The summed E-state index contributed by atoms with van der Waals surface area (Å²) in [7, 11) is -3.46. The first-order valence-corrected chi connectivity index (χ1v) is 9.47. The average Bonchev–Trinajstić information content (AvgIpc) is 3.03. The van der Waals surface area contributed by atoms with Gasteiger partial charge in [-0.15, -0.1) is 0 Å². The van der Waals surface area contributed by atoms with E-state index in [0.29, 0.717) is 36.4 Å². The molecule has 2 rings (SSSR count). The zero-order chi connectivity index (χ0) is 18.6. The first-order valence-electron chi connectivity index (χ1n) is 7.93. The molecule has 136 valence electrons. The van der Waals surface area contributed by atoms with Gasteiger partial charge in [-0.1, -0.05) is 12.6 Å². The summed E-state index contributed by atoms with van der Waals surface area (Å²) in [5.74, 6) is -0.174. The molecule has 1 aliphatic rings. The van der Waals surface area contributed by atoms with E-state index in [-0.39, 0.29) is 18.4 Å². The normalized spacial score (nSPS) is 17.4. The largest absolute Gasteiger partial charge is 0.426 e. The Labute approximate surface area is 147 Å². The van der Waals surface area contributed by atoms with Crippen LogP contribution in [0.25, 0.3) is 0 Å². The van der Waals surface area contributed by atoms with E-state index in [1.165, 1.54) is 6.92 Å². The number of rotatable bonds is 6. The second-order valence-corrected chi connectivity index (χ2v) is 7.70. The highest BCUT2D eigenvalue weighted by atomic mass is 32.2. The van der Waals surface area contributed by atoms with Crippen molar-refractivity contribution in [3.05, 3.63) is 41.3 Å². The van der Waals surface area contributed by atoms with Gasteiger partial charge in [0.05, 0.1) is 0 Å². The predicted octanol–water partition coefficient (Wildman–Crippen LogP) is 1.45. The highest BCUT2D eigenvalue weighted by Crippen LogP contribution is 2.25. The Balaban J connectivity index is 2.05. The number of nitrogens with zero attached hydrogens (tertiary/aromatic N) is 1. The molecule has 1 aliphatic heterocycles. The van der Waals surface area contributed by atoms with Gasteiger partial charge < -0.3 is 9.64 Å². The van der Waals surface area contributed by atoms with Crippen LogP contribution in [0.5, 0.6) is 5.75 Å². The third-order valence-electron chi connectivity index (χ3n) is 4.13. The molecular weight excluding hydrogens is 344 g/mol. The molecule has 0 aliphatic carbocycles. The summed E-state index contributed by atoms with van der Waals surface area (Å²) in [5, 5.41) is 0.870. The van der Waals surface area contributed by atoms with Crippen LogP contribution in [0.3, 0.4) is 0 Å². The van der Waals surface area contributed by atoms with Gasteiger partial charge in [0.15, 0.2) is 0 Å². The number of carbonyl (C=O) groups is 2. The predicted molar refractivity (Wildman–Crippen MR) is 93.6 cm³/mol. The molecule has 0 radical (unpaired) electrons. The van der Waals surface area contributed by atoms with Crippen LogP contribution >= 0.6 is 0 Å². The smallest absolute Gasteiger partial charge is 0.308 e. The van der Waals surface area contributed by atoms with Crippen molar-refractivity contribution in [1.29, 1.82) is 0 Å². The molecule has 0 aromatic heterocycles. The number of benzene rings is 1. The lowest BCUT2D eigenvalue weighted by Gasteiger charge is -2.19. The number of hydrogen-bond donors (Lipinski definition) is 1. The second kappa shape index (κ2) is 7.79. The van der Waals surface area contributed by atoms with Crippen LogP contribution in [0, 0.1) is 12.8 Å². The third-order valence-corrected chi connectivity index (χ3v) is 5.14. The van der Waals surface area contributed by atoms with Gasteiger partial charge in [0, 0.05) is 43.1 Å². The topological polar surface area (TPSA) is 92.8 Å². The summed E-state index contributed by atoms with van der Waals surface area (Å²) in [6, 6.07) is 5.01. The summed E-state index contributed by atoms with van der Waals surface area (Å²) in [6.07, 6.45) is 0.716. The minimum Gasteiger partial charge on any atom is -0.426 e. The Morgan fingerprint density at radius 2 is 2.16 bits per heavy atom. The zero-order valence-corrected chi connectivity index (χ0v) is 15.1. The quantitative estimate of drug-likeness (QED) is 0.607. The summed E-state index contributed by atoms with van der Waals surface area (Å²) in [5.41, 5.74) is 1.09. The van der Waals surface area contributed by atoms with Crippen LogP contribution in [0.4, 0.5) is 0 Å². The van der Waals surface area contributed by atoms with E-state index in [0.717, 1.165) is 5.41 Å². The van der Waals surface area contributed by atoms with Gasteiger partial charge in [-0.3, -0.25) is 9.59 Å². The monoisotopic (exact) mass is 366 g/mol. The third kappa shape index (κ3) is 4.90. The number of ether oxygens (including phenoxy) is 1. The van der Waals surface area contributed by atoms with Crippen LogP contribution in [-0.2, 0) is 14.8 Å². The summed E-state index contributed by atoms with van der Waals surface area (Å²) in [4.78, 5) is 25.6. The molecule has 8 heteroatoms. The average molecular weight is 366 g/mol. The summed E-state index contributed by atoms with van der Waals surface area (Å²) in [6.45, 7) is 7.58. The van der Waals surface area contributed by atoms with Crippen LogP contribution < -0.4 is 9.46 Å². The molecule has 0 spiro atoms. The molecule has 25 heavy (non-hydrogen) atoms. The lowest BCUT2D eigenvalue weighted by molar-refractivity contribution is -0.131. The SMILES string of the molecule is C=CS(=O)(=O)NC[C@H]1CCN(C(=O)c2cccc(OC(C)=O)c2C)C1. The molecule has 1 N–H and O–H groups in total. The molecule has 1 aromatic rings. The van der Waals surface area contributed by atoms with Crippen molar-refractivity contribution in [2.75, 3.05) is 19.6 Å². The van der Waals surface area contributed by atoms with E-state index < -0.39 is 16.0 Å². The van der Waals surface area contributed by atoms with Gasteiger partial charge >= 0.3 is 5.97 Å². The molecule has 0 unspecified atom stereocenters. The van der Waals surface area contributed by atoms with Gasteiger partial charge in [-0.2, -0.15) is 0 Å². The summed E-state index contributed by atoms with van der Waals surface area (Å²) < 4.78 is 30.4. The molecule has 0 bridgehead atoms. The zero-order valence-electron chi connectivity index (χ0n) is 14.3. The molecule has 1 amide bonds. The van der Waals surface area contributed by atoms with Crippen molar-refractivity contribution in [3.8, 4) is 5.75 Å². The molecule has 1 aromatic carbocycles. The summed E-state index contributed by atoms with van der Waals surface area (Å²) >= 11 is 0. The van der Waals surface area contributed by atoms with Gasteiger partial charge in [0.2, 0.25) is 10.0 Å². The molecule has 1 atom stereocenters. The Hall–Kier alpha value is -2.19. The van der Waals surface area contributed by atoms with Crippen LogP contribution in [-0.4, -0.2) is 44.8 Å². The number of likely N-dealkylation sites (tertiary alicyclic amines) is 1. The minimum atomic E-state index is -3.46. The van der Waals surface area contributed by atoms with Gasteiger partial charge in [-0.05, 0) is 31.4 Å². The molecule has 1 saturated heterocycles. The lowest BCUT2D eigenvalue weighted by Crippen LogP contribution is -2.32. The molecule has 1 fully saturated rings. The number of sulfonamides is 1. The number of carbonyl (C=O) groups excluding carboxylic acids is 2. The number of nitrogens with one attached hydrogen (secondary N) is 1. The molecule has 1 heterocycles. The van der Waals surface area contributed by atoms with E-state index >= 15 is 0 Å².